The summed E-state index contributed by atoms with van der Waals surface area (Å²) in [7, 11) is 2.08. The first kappa shape index (κ1) is 28.2. The van der Waals surface area contributed by atoms with Crippen molar-refractivity contribution in [3.8, 4) is 11.5 Å². The van der Waals surface area contributed by atoms with Crippen molar-refractivity contribution in [1.82, 2.24) is 14.5 Å². The van der Waals surface area contributed by atoms with Gasteiger partial charge in [-0.1, -0.05) is 65.7 Å². The molecular formula is C31H31Cl2N3O4. The highest BCUT2D eigenvalue weighted by molar-refractivity contribution is 6.35. The van der Waals surface area contributed by atoms with Crippen LogP contribution in [-0.2, 0) is 28.4 Å². The van der Waals surface area contributed by atoms with Gasteiger partial charge in [-0.15, -0.1) is 0 Å². The zero-order valence-corrected chi connectivity index (χ0v) is 23.6. The van der Waals surface area contributed by atoms with Crippen molar-refractivity contribution in [2.24, 2.45) is 0 Å². The lowest BCUT2D eigenvalue weighted by atomic mass is 10.1. The lowest BCUT2D eigenvalue weighted by molar-refractivity contribution is -0.189. The van der Waals surface area contributed by atoms with Gasteiger partial charge < -0.3 is 23.9 Å². The third-order valence-electron chi connectivity index (χ3n) is 6.58. The van der Waals surface area contributed by atoms with E-state index in [1.54, 1.807) is 36.8 Å². The van der Waals surface area contributed by atoms with Gasteiger partial charge in [0.1, 0.15) is 24.2 Å². The van der Waals surface area contributed by atoms with Gasteiger partial charge in [0.05, 0.1) is 24.5 Å². The summed E-state index contributed by atoms with van der Waals surface area (Å²) in [6.07, 6.45) is 9.15. The van der Waals surface area contributed by atoms with E-state index in [4.69, 9.17) is 37.4 Å². The molecule has 4 aromatic rings. The van der Waals surface area contributed by atoms with Crippen LogP contribution in [0.25, 0.3) is 6.08 Å². The molecule has 1 aliphatic heterocycles. The van der Waals surface area contributed by atoms with Crippen molar-refractivity contribution < 1.29 is 19.3 Å². The summed E-state index contributed by atoms with van der Waals surface area (Å²) in [5.41, 5.74) is 2.95. The summed E-state index contributed by atoms with van der Waals surface area (Å²) in [5, 5.41) is 10.4. The molecule has 5 rings (SSSR count). The molecule has 0 unspecified atom stereocenters. The van der Waals surface area contributed by atoms with E-state index < -0.39 is 5.79 Å². The van der Waals surface area contributed by atoms with E-state index in [0.29, 0.717) is 35.4 Å². The number of hydrogen-bond acceptors (Lipinski definition) is 6. The molecule has 2 atom stereocenters. The molecule has 1 saturated heterocycles. The summed E-state index contributed by atoms with van der Waals surface area (Å²) >= 11 is 12.7. The van der Waals surface area contributed by atoms with Crippen molar-refractivity contribution in [2.45, 2.75) is 25.0 Å². The van der Waals surface area contributed by atoms with Gasteiger partial charge in [0.2, 0.25) is 5.79 Å². The van der Waals surface area contributed by atoms with Gasteiger partial charge in [0.25, 0.3) is 0 Å². The predicted octanol–water partition coefficient (Wildman–Crippen LogP) is 6.39. The maximum absolute atomic E-state index is 9.40. The van der Waals surface area contributed by atoms with E-state index in [2.05, 4.69) is 35.1 Å². The highest BCUT2D eigenvalue weighted by Gasteiger charge is 2.45. The topological polar surface area (TPSA) is 69.0 Å². The van der Waals surface area contributed by atoms with Crippen LogP contribution in [0.2, 0.25) is 10.0 Å². The van der Waals surface area contributed by atoms with Gasteiger partial charge >= 0.3 is 0 Å². The number of aromatic nitrogens is 2. The van der Waals surface area contributed by atoms with Crippen LogP contribution in [0, 0.1) is 0 Å². The number of phenols is 1. The van der Waals surface area contributed by atoms with E-state index in [0.717, 1.165) is 24.4 Å². The van der Waals surface area contributed by atoms with E-state index in [1.807, 2.05) is 47.2 Å². The zero-order valence-electron chi connectivity index (χ0n) is 22.1. The lowest BCUT2D eigenvalue weighted by Crippen LogP contribution is -2.34. The first-order valence-corrected chi connectivity index (χ1v) is 13.7. The van der Waals surface area contributed by atoms with Crippen molar-refractivity contribution in [3.05, 3.63) is 118 Å². The van der Waals surface area contributed by atoms with Crippen LogP contribution in [0.5, 0.6) is 11.5 Å². The number of imidazole rings is 1. The summed E-state index contributed by atoms with van der Waals surface area (Å²) in [4.78, 5) is 6.35. The van der Waals surface area contributed by atoms with Crippen molar-refractivity contribution >= 4 is 29.3 Å². The van der Waals surface area contributed by atoms with Gasteiger partial charge in [-0.3, -0.25) is 4.90 Å². The standard InChI is InChI=1S/C31H31Cl2N3O4/c1-35(15-2-3-23-4-9-26(37)10-5-23)18-24-6-11-27(12-7-24)38-19-28-20-39-31(40-28,21-36-16-14-34-22-36)29-13-8-25(32)17-30(29)33/h2-14,16-17,22,28,37H,15,18-21H2,1H3/b3-2+/t28-,31-/m0/s1. The van der Waals surface area contributed by atoms with Crippen LogP contribution in [0.1, 0.15) is 16.7 Å². The molecule has 0 aliphatic carbocycles. The molecule has 1 aromatic heterocycles. The van der Waals surface area contributed by atoms with Gasteiger partial charge in [0.15, 0.2) is 0 Å². The van der Waals surface area contributed by atoms with Crippen LogP contribution >= 0.6 is 23.2 Å². The van der Waals surface area contributed by atoms with Gasteiger partial charge in [-0.25, -0.2) is 4.98 Å². The van der Waals surface area contributed by atoms with Crippen molar-refractivity contribution in [1.29, 1.82) is 0 Å². The van der Waals surface area contributed by atoms with Crippen LogP contribution in [-0.4, -0.2) is 52.5 Å². The fraction of sp³-hybridized carbons (Fsp3) is 0.258. The maximum atomic E-state index is 9.40. The minimum atomic E-state index is -1.08. The van der Waals surface area contributed by atoms with Crippen LogP contribution < -0.4 is 4.74 Å². The molecule has 40 heavy (non-hydrogen) atoms. The molecule has 208 valence electrons. The summed E-state index contributed by atoms with van der Waals surface area (Å²) < 4.78 is 20.7. The number of ether oxygens (including phenoxy) is 3. The van der Waals surface area contributed by atoms with Gasteiger partial charge in [-0.2, -0.15) is 0 Å². The summed E-state index contributed by atoms with van der Waals surface area (Å²) in [6.45, 7) is 2.68. The van der Waals surface area contributed by atoms with E-state index in [9.17, 15) is 5.11 Å². The Kier molecular flexibility index (Phi) is 9.09. The highest BCUT2D eigenvalue weighted by atomic mass is 35.5. The Bertz CT molecular complexity index is 1410. The molecule has 1 fully saturated rings. The Morgan fingerprint density at radius 2 is 1.93 bits per heavy atom. The number of halogens is 2. The molecule has 0 radical (unpaired) electrons. The predicted molar refractivity (Wildman–Crippen MR) is 157 cm³/mol. The number of aromatic hydroxyl groups is 1. The van der Waals surface area contributed by atoms with E-state index in [-0.39, 0.29) is 11.9 Å². The fourth-order valence-corrected chi connectivity index (χ4v) is 5.14. The van der Waals surface area contributed by atoms with Gasteiger partial charge in [0, 0.05) is 36.1 Å². The monoisotopic (exact) mass is 579 g/mol. The maximum Gasteiger partial charge on any atom is 0.215 e. The average molecular weight is 581 g/mol. The third kappa shape index (κ3) is 7.24. The van der Waals surface area contributed by atoms with Crippen LogP contribution in [0.15, 0.2) is 91.5 Å². The molecule has 7 nitrogen and oxygen atoms in total. The Balaban J connectivity index is 1.15. The second-order valence-electron chi connectivity index (χ2n) is 9.81. The Hall–Kier alpha value is -3.33. The minimum Gasteiger partial charge on any atom is -0.508 e. The molecule has 1 N–H and O–H groups in total. The second-order valence-corrected chi connectivity index (χ2v) is 10.7. The number of hydrogen-bond donors (Lipinski definition) is 1. The summed E-state index contributed by atoms with van der Waals surface area (Å²) in [6, 6.07) is 20.5. The van der Waals surface area contributed by atoms with E-state index in [1.165, 1.54) is 5.56 Å². The number of nitrogens with zero attached hydrogens (tertiary/aromatic N) is 3. The Morgan fingerprint density at radius 1 is 1.12 bits per heavy atom. The number of benzene rings is 3. The quantitative estimate of drug-likeness (QED) is 0.222. The number of rotatable bonds is 11. The molecule has 0 spiro atoms. The van der Waals surface area contributed by atoms with Crippen molar-refractivity contribution in [2.75, 3.05) is 26.8 Å². The zero-order chi connectivity index (χ0) is 28.0. The fourth-order valence-electron chi connectivity index (χ4n) is 4.59. The highest BCUT2D eigenvalue weighted by Crippen LogP contribution is 2.40. The lowest BCUT2D eigenvalue weighted by Gasteiger charge is -2.30. The number of phenolic OH excluding ortho intramolecular Hbond substituents is 1. The molecule has 0 saturated carbocycles. The van der Waals surface area contributed by atoms with Crippen LogP contribution in [0.3, 0.4) is 0 Å². The summed E-state index contributed by atoms with van der Waals surface area (Å²) in [5.74, 6) is -0.0482. The first-order valence-electron chi connectivity index (χ1n) is 13.0. The normalized spacial score (nSPS) is 19.1. The van der Waals surface area contributed by atoms with Gasteiger partial charge in [-0.05, 0) is 54.6 Å². The minimum absolute atomic E-state index is 0.271. The number of likely N-dealkylation sites (N-methyl/N-ethyl adjacent to an activating group) is 1. The molecule has 1 aliphatic rings. The molecule has 0 bridgehead atoms. The molecular weight excluding hydrogens is 549 g/mol. The molecule has 2 heterocycles. The molecule has 3 aromatic carbocycles. The molecule has 0 amide bonds. The Morgan fingerprint density at radius 3 is 2.65 bits per heavy atom. The smallest absolute Gasteiger partial charge is 0.215 e. The Labute approximate surface area is 244 Å². The third-order valence-corrected chi connectivity index (χ3v) is 7.13. The molecule has 9 heteroatoms. The SMILES string of the molecule is CN(C/C=C/c1ccc(O)cc1)Cc1ccc(OC[C@H]2CO[C@](Cn3ccnc3)(c3ccc(Cl)cc3Cl)O2)cc1. The average Bonchev–Trinajstić information content (AvgIpc) is 3.60. The van der Waals surface area contributed by atoms with Crippen molar-refractivity contribution in [3.63, 3.8) is 0 Å². The second kappa shape index (κ2) is 12.9. The van der Waals surface area contributed by atoms with Crippen LogP contribution in [0.4, 0.5) is 0 Å². The first-order chi connectivity index (χ1) is 19.4. The largest absolute Gasteiger partial charge is 0.508 e. The van der Waals surface area contributed by atoms with E-state index >= 15 is 0 Å².